The Labute approximate surface area is 403 Å². The van der Waals surface area contributed by atoms with Gasteiger partial charge < -0.3 is 62.8 Å². The molecule has 0 aromatic heterocycles. The van der Waals surface area contributed by atoms with Crippen molar-refractivity contribution in [3.63, 3.8) is 0 Å². The third-order valence-corrected chi connectivity index (χ3v) is 9.37. The smallest absolute Gasteiger partial charge is 0.342 e. The van der Waals surface area contributed by atoms with E-state index in [4.69, 9.17) is 31.3 Å². The molecule has 67 heavy (non-hydrogen) atoms. The lowest BCUT2D eigenvalue weighted by Crippen LogP contribution is -2.57. The van der Waals surface area contributed by atoms with E-state index in [0.29, 0.717) is 12.8 Å². The summed E-state index contributed by atoms with van der Waals surface area (Å²) in [5.41, 5.74) is 17.5. The molecular formula is C43H66BCl2N8O13. The molecule has 0 spiro atoms. The van der Waals surface area contributed by atoms with E-state index in [1.807, 2.05) is 88.4 Å². The molecule has 1 heterocycles. The largest absolute Gasteiger partial charge is 0.459 e. The van der Waals surface area contributed by atoms with Gasteiger partial charge in [0.1, 0.15) is 37.4 Å². The highest BCUT2D eigenvalue weighted by Crippen LogP contribution is 2.12. The maximum absolute atomic E-state index is 12.8. The SMILES string of the molecule is CC(C)C[C@H](NC(=O)[C@H](CO)NC(=O)[C@@H](N)CCC(N)=O)C(=O)OCc1ccccc1.CC(C)C[C@H](NC(=O)[C@H](CO)NC(=O)[C@H](CCC(N)=O)NC1[B]O1)C(=O)OCc1ccccc1.Cl.Cl. The number of benzene rings is 2. The first kappa shape index (κ1) is 61.6. The van der Waals surface area contributed by atoms with E-state index in [0.717, 1.165) is 11.1 Å². The summed E-state index contributed by atoms with van der Waals surface area (Å²) in [6.45, 7) is 6.26. The Kier molecular flexibility index (Phi) is 30.5. The Morgan fingerprint density at radius 2 is 0.955 bits per heavy atom. The minimum Gasteiger partial charge on any atom is -0.459 e. The van der Waals surface area contributed by atoms with Crippen LogP contribution in [0.15, 0.2) is 60.7 Å². The first-order valence-corrected chi connectivity index (χ1v) is 21.2. The van der Waals surface area contributed by atoms with Crippen molar-refractivity contribution in [1.29, 1.82) is 0 Å². The predicted molar refractivity (Wildman–Crippen MR) is 250 cm³/mol. The van der Waals surface area contributed by atoms with E-state index in [1.165, 1.54) is 7.48 Å². The van der Waals surface area contributed by atoms with Crippen LogP contribution in [-0.4, -0.2) is 121 Å². The summed E-state index contributed by atoms with van der Waals surface area (Å²) in [5, 5.41) is 31.9. The number of amides is 6. The number of nitrogens with two attached hydrogens (primary N) is 3. The highest BCUT2D eigenvalue weighted by molar-refractivity contribution is 6.38. The molecule has 0 saturated carbocycles. The number of halogens is 2. The predicted octanol–water partition coefficient (Wildman–Crippen LogP) is -0.931. The zero-order chi connectivity index (χ0) is 48.5. The second-order valence-corrected chi connectivity index (χ2v) is 16.1. The van der Waals surface area contributed by atoms with Gasteiger partial charge in [0, 0.05) is 12.8 Å². The van der Waals surface area contributed by atoms with Crippen LogP contribution in [-0.2, 0) is 65.7 Å². The molecular weight excluding hydrogens is 918 g/mol. The van der Waals surface area contributed by atoms with Crippen LogP contribution in [0.25, 0.3) is 0 Å². The molecule has 1 aliphatic heterocycles. The maximum atomic E-state index is 12.8. The zero-order valence-electron chi connectivity index (χ0n) is 38.1. The molecule has 1 fully saturated rings. The number of nitrogens with one attached hydrogen (secondary N) is 5. The van der Waals surface area contributed by atoms with Crippen LogP contribution in [0.1, 0.15) is 77.3 Å². The summed E-state index contributed by atoms with van der Waals surface area (Å²) >= 11 is 0. The molecule has 1 saturated heterocycles. The highest BCUT2D eigenvalue weighted by Gasteiger charge is 2.34. The fourth-order valence-electron chi connectivity index (χ4n) is 5.84. The van der Waals surface area contributed by atoms with Gasteiger partial charge in [-0.2, -0.15) is 0 Å². The van der Waals surface area contributed by atoms with Crippen LogP contribution in [0.3, 0.4) is 0 Å². The number of ether oxygens (including phenoxy) is 2. The number of aliphatic hydroxyl groups excluding tert-OH is 2. The standard InChI is InChI=1S/C22H32BN4O7.C21H32N4O6.2ClH/c1-13(2)10-16(21(32)33-12-14-6-4-3-5-7-14)25-20(31)17(11-28)26-19(30)15(8-9-18(24)29)27-22-23-34-22;1-13(2)10-16(21(30)31-12-14-6-4-3-5-7-14)24-20(29)17(11-26)25-19(28)15(22)8-9-18(23)27;;/h3-7,13,15-17,22,27-28H,8-12H2,1-2H3,(H2,24,29)(H,25,31)(H,26,30);3-7,13,15-17,26H,8-12,22H2,1-2H3,(H2,23,27)(H,24,29)(H,25,28);2*1H/t15-,16-,17-,22?;15-,16-,17-;;/m00../s1. The quantitative estimate of drug-likeness (QED) is 0.0280. The Morgan fingerprint density at radius 1 is 0.597 bits per heavy atom. The number of rotatable bonds is 28. The van der Waals surface area contributed by atoms with E-state index in [-0.39, 0.29) is 75.5 Å². The highest BCUT2D eigenvalue weighted by atomic mass is 35.5. The van der Waals surface area contributed by atoms with Crippen LogP contribution in [0.2, 0.25) is 0 Å². The molecule has 1 radical (unpaired) electrons. The van der Waals surface area contributed by atoms with Crippen LogP contribution in [0.4, 0.5) is 0 Å². The summed E-state index contributed by atoms with van der Waals surface area (Å²) in [7, 11) is 1.46. The van der Waals surface area contributed by atoms with E-state index < -0.39 is 103 Å². The van der Waals surface area contributed by atoms with Gasteiger partial charge in [-0.15, -0.1) is 24.8 Å². The molecule has 13 N–H and O–H groups in total. The van der Waals surface area contributed by atoms with Gasteiger partial charge in [0.15, 0.2) is 0 Å². The van der Waals surface area contributed by atoms with Crippen molar-refractivity contribution in [2.45, 2.75) is 122 Å². The Balaban J connectivity index is 0.00000127. The van der Waals surface area contributed by atoms with E-state index >= 15 is 0 Å². The number of hydrogen-bond acceptors (Lipinski definition) is 15. The fraction of sp³-hybridized carbons (Fsp3) is 0.535. The normalized spacial score (nSPS) is 15.0. The first-order chi connectivity index (χ1) is 30.8. The molecule has 0 aliphatic carbocycles. The van der Waals surface area contributed by atoms with E-state index in [9.17, 15) is 48.6 Å². The Bertz CT molecular complexity index is 1850. The average Bonchev–Trinajstić information content (AvgIpc) is 4.10. The molecule has 7 atom stereocenters. The Morgan fingerprint density at radius 3 is 1.31 bits per heavy atom. The minimum atomic E-state index is -1.32. The van der Waals surface area contributed by atoms with Gasteiger partial charge in [0.2, 0.25) is 35.4 Å². The third-order valence-electron chi connectivity index (χ3n) is 9.37. The van der Waals surface area contributed by atoms with Crippen molar-refractivity contribution in [3.05, 3.63) is 71.8 Å². The van der Waals surface area contributed by atoms with Gasteiger partial charge in [-0.1, -0.05) is 88.4 Å². The van der Waals surface area contributed by atoms with Gasteiger partial charge in [0.05, 0.1) is 31.4 Å². The number of carbonyl (C=O) groups is 8. The lowest BCUT2D eigenvalue weighted by Gasteiger charge is -2.24. The molecule has 2 aromatic rings. The lowest BCUT2D eigenvalue weighted by atomic mass is 10.0. The van der Waals surface area contributed by atoms with Gasteiger partial charge >= 0.3 is 19.4 Å². The van der Waals surface area contributed by atoms with Crippen molar-refractivity contribution in [3.8, 4) is 0 Å². The van der Waals surface area contributed by atoms with Crippen molar-refractivity contribution in [2.75, 3.05) is 13.2 Å². The monoisotopic (exact) mass is 983 g/mol. The van der Waals surface area contributed by atoms with Gasteiger partial charge in [-0.25, -0.2) is 9.59 Å². The average molecular weight is 985 g/mol. The van der Waals surface area contributed by atoms with Crippen LogP contribution in [0.5, 0.6) is 0 Å². The third kappa shape index (κ3) is 26.0. The zero-order valence-corrected chi connectivity index (χ0v) is 39.7. The molecule has 3 rings (SSSR count). The van der Waals surface area contributed by atoms with Crippen molar-refractivity contribution >= 4 is 79.7 Å². The summed E-state index contributed by atoms with van der Waals surface area (Å²) in [6.07, 6.45) is 0.109. The topological polar surface area (TPSA) is 346 Å². The molecule has 21 nitrogen and oxygen atoms in total. The molecule has 1 aliphatic rings. The summed E-state index contributed by atoms with van der Waals surface area (Å²) in [6, 6.07) is 11.7. The van der Waals surface area contributed by atoms with Crippen molar-refractivity contribution in [1.82, 2.24) is 26.6 Å². The first-order valence-electron chi connectivity index (χ1n) is 21.2. The number of aliphatic hydroxyl groups is 2. The number of esters is 2. The van der Waals surface area contributed by atoms with Crippen LogP contribution >= 0.6 is 24.8 Å². The molecule has 6 amide bonds. The maximum Gasteiger partial charge on any atom is 0.342 e. The number of hydrogen-bond donors (Lipinski definition) is 10. The van der Waals surface area contributed by atoms with Gasteiger partial charge in [-0.05, 0) is 48.6 Å². The molecule has 24 heteroatoms. The summed E-state index contributed by atoms with van der Waals surface area (Å²) < 4.78 is 15.6. The van der Waals surface area contributed by atoms with E-state index in [2.05, 4.69) is 26.6 Å². The van der Waals surface area contributed by atoms with Crippen LogP contribution in [0, 0.1) is 11.8 Å². The number of carbonyl (C=O) groups excluding carboxylic acids is 8. The fourth-order valence-corrected chi connectivity index (χ4v) is 5.84. The molecule has 1 unspecified atom stereocenters. The summed E-state index contributed by atoms with van der Waals surface area (Å²) in [5.74, 6) is -5.11. The Hall–Kier alpha value is -5.36. The van der Waals surface area contributed by atoms with Gasteiger partial charge in [-0.3, -0.25) is 34.1 Å². The van der Waals surface area contributed by atoms with Crippen molar-refractivity contribution < 1.29 is 62.7 Å². The molecule has 2 aromatic carbocycles. The summed E-state index contributed by atoms with van der Waals surface area (Å²) in [4.78, 5) is 97.2. The second kappa shape index (κ2) is 33.2. The van der Waals surface area contributed by atoms with Gasteiger partial charge in [0.25, 0.3) is 0 Å². The second-order valence-electron chi connectivity index (χ2n) is 16.1. The van der Waals surface area contributed by atoms with Crippen LogP contribution < -0.4 is 43.8 Å². The minimum absolute atomic E-state index is 0. The molecule has 0 bridgehead atoms. The van der Waals surface area contributed by atoms with Crippen molar-refractivity contribution in [2.24, 2.45) is 29.0 Å². The molecule has 373 valence electrons. The van der Waals surface area contributed by atoms with E-state index in [1.54, 1.807) is 0 Å². The number of primary amides is 2. The lowest BCUT2D eigenvalue weighted by molar-refractivity contribution is -0.150.